The first-order valence-electron chi connectivity index (χ1n) is 4.88. The van der Waals surface area contributed by atoms with E-state index in [1.165, 1.54) is 4.88 Å². The van der Waals surface area contributed by atoms with E-state index in [1.54, 1.807) is 18.3 Å². The van der Waals surface area contributed by atoms with Gasteiger partial charge in [0.05, 0.1) is 6.04 Å². The molecule has 1 rings (SSSR count). The van der Waals surface area contributed by atoms with Crippen molar-refractivity contribution in [3.8, 4) is 0 Å². The molecule has 0 aliphatic rings. The maximum absolute atomic E-state index is 11.3. The van der Waals surface area contributed by atoms with E-state index in [4.69, 9.17) is 5.73 Å². The monoisotopic (exact) mass is 241 g/mol. The predicted octanol–water partition coefficient (Wildman–Crippen LogP) is 0.730. The first kappa shape index (κ1) is 12.7. The number of amides is 3. The highest BCUT2D eigenvalue weighted by atomic mass is 32.1. The van der Waals surface area contributed by atoms with E-state index in [0.717, 1.165) is 4.88 Å². The van der Waals surface area contributed by atoms with Gasteiger partial charge in [0.1, 0.15) is 0 Å². The zero-order valence-electron chi connectivity index (χ0n) is 9.24. The zero-order valence-corrected chi connectivity index (χ0v) is 10.1. The van der Waals surface area contributed by atoms with Gasteiger partial charge < -0.3 is 11.1 Å². The molecule has 0 aliphatic heterocycles. The van der Waals surface area contributed by atoms with E-state index in [2.05, 4.69) is 5.32 Å². The molecule has 0 aromatic carbocycles. The average molecular weight is 241 g/mol. The van der Waals surface area contributed by atoms with Crippen LogP contribution < -0.4 is 16.4 Å². The van der Waals surface area contributed by atoms with Gasteiger partial charge in [0.25, 0.3) is 0 Å². The molecule has 0 saturated carbocycles. The van der Waals surface area contributed by atoms with Gasteiger partial charge in [-0.05, 0) is 26.0 Å². The van der Waals surface area contributed by atoms with E-state index in [1.807, 2.05) is 24.4 Å². The summed E-state index contributed by atoms with van der Waals surface area (Å²) < 4.78 is 0. The number of nitrogens with one attached hydrogen (secondary N) is 2. The van der Waals surface area contributed by atoms with Gasteiger partial charge in [0.2, 0.25) is 5.91 Å². The smallest absolute Gasteiger partial charge is 0.318 e. The van der Waals surface area contributed by atoms with Crippen LogP contribution in [0.25, 0.3) is 0 Å². The van der Waals surface area contributed by atoms with Crippen LogP contribution in [0.3, 0.4) is 0 Å². The number of carbonyl (C=O) groups excluding carboxylic acids is 2. The largest absolute Gasteiger partial charge is 0.351 e. The van der Waals surface area contributed by atoms with Crippen molar-refractivity contribution in [1.82, 2.24) is 10.6 Å². The SMILES string of the molecule is Cc1ccc(CNC(C)C(=O)NC(N)=O)s1. The number of nitrogens with two attached hydrogens (primary N) is 1. The van der Waals surface area contributed by atoms with Gasteiger partial charge in [-0.25, -0.2) is 4.79 Å². The summed E-state index contributed by atoms with van der Waals surface area (Å²) in [6.45, 7) is 4.31. The second-order valence-electron chi connectivity index (χ2n) is 3.47. The van der Waals surface area contributed by atoms with Crippen molar-refractivity contribution < 1.29 is 9.59 Å². The second-order valence-corrected chi connectivity index (χ2v) is 4.84. The fourth-order valence-corrected chi connectivity index (χ4v) is 2.00. The number of rotatable bonds is 4. The minimum Gasteiger partial charge on any atom is -0.351 e. The molecule has 0 fully saturated rings. The Kier molecular flexibility index (Phi) is 4.45. The van der Waals surface area contributed by atoms with E-state index < -0.39 is 18.0 Å². The molecule has 6 heteroatoms. The first-order chi connectivity index (χ1) is 7.49. The molecule has 1 aromatic rings. The molecule has 0 bridgehead atoms. The van der Waals surface area contributed by atoms with Gasteiger partial charge in [-0.3, -0.25) is 10.1 Å². The number of thiophene rings is 1. The van der Waals surface area contributed by atoms with Gasteiger partial charge >= 0.3 is 6.03 Å². The van der Waals surface area contributed by atoms with E-state index >= 15 is 0 Å². The molecule has 1 unspecified atom stereocenters. The van der Waals surface area contributed by atoms with Crippen LogP contribution in [-0.2, 0) is 11.3 Å². The predicted molar refractivity (Wildman–Crippen MR) is 63.1 cm³/mol. The molecule has 88 valence electrons. The highest BCUT2D eigenvalue weighted by molar-refractivity contribution is 7.11. The number of hydrogen-bond acceptors (Lipinski definition) is 4. The highest BCUT2D eigenvalue weighted by Crippen LogP contribution is 2.14. The minimum atomic E-state index is -0.828. The molecule has 0 spiro atoms. The van der Waals surface area contributed by atoms with Crippen molar-refractivity contribution in [1.29, 1.82) is 0 Å². The Morgan fingerprint density at radius 1 is 1.50 bits per heavy atom. The Bertz CT molecular complexity index is 389. The van der Waals surface area contributed by atoms with Gasteiger partial charge in [-0.1, -0.05) is 0 Å². The van der Waals surface area contributed by atoms with E-state index in [-0.39, 0.29) is 0 Å². The lowest BCUT2D eigenvalue weighted by Crippen LogP contribution is -2.46. The number of carbonyl (C=O) groups is 2. The van der Waals surface area contributed by atoms with Gasteiger partial charge in [-0.2, -0.15) is 0 Å². The quantitative estimate of drug-likeness (QED) is 0.726. The van der Waals surface area contributed by atoms with Crippen LogP contribution in [0.15, 0.2) is 12.1 Å². The average Bonchev–Trinajstić information content (AvgIpc) is 2.59. The second kappa shape index (κ2) is 5.62. The van der Waals surface area contributed by atoms with Gasteiger partial charge in [0, 0.05) is 16.3 Å². The van der Waals surface area contributed by atoms with Crippen LogP contribution in [0.2, 0.25) is 0 Å². The number of hydrogen-bond donors (Lipinski definition) is 3. The van der Waals surface area contributed by atoms with Crippen LogP contribution in [0.1, 0.15) is 16.7 Å². The zero-order chi connectivity index (χ0) is 12.1. The molecular weight excluding hydrogens is 226 g/mol. The number of aryl methyl sites for hydroxylation is 1. The van der Waals surface area contributed by atoms with Crippen molar-refractivity contribution in [2.45, 2.75) is 26.4 Å². The summed E-state index contributed by atoms with van der Waals surface area (Å²) >= 11 is 1.67. The third kappa shape index (κ3) is 4.00. The Hall–Kier alpha value is -1.40. The highest BCUT2D eigenvalue weighted by Gasteiger charge is 2.13. The lowest BCUT2D eigenvalue weighted by molar-refractivity contribution is -0.121. The molecular formula is C10H15N3O2S. The molecule has 16 heavy (non-hydrogen) atoms. The number of urea groups is 1. The third-order valence-corrected chi connectivity index (χ3v) is 3.02. The van der Waals surface area contributed by atoms with Crippen LogP contribution in [0, 0.1) is 6.92 Å². The van der Waals surface area contributed by atoms with Crippen LogP contribution >= 0.6 is 11.3 Å². The topological polar surface area (TPSA) is 84.2 Å². The molecule has 5 nitrogen and oxygen atoms in total. The molecule has 0 radical (unpaired) electrons. The first-order valence-corrected chi connectivity index (χ1v) is 5.69. The molecule has 0 aliphatic carbocycles. The molecule has 4 N–H and O–H groups in total. The molecule has 3 amide bonds. The third-order valence-electron chi connectivity index (χ3n) is 2.02. The summed E-state index contributed by atoms with van der Waals surface area (Å²) in [4.78, 5) is 24.1. The van der Waals surface area contributed by atoms with Crippen molar-refractivity contribution in [3.05, 3.63) is 21.9 Å². The fraction of sp³-hybridized carbons (Fsp3) is 0.400. The summed E-state index contributed by atoms with van der Waals surface area (Å²) in [5, 5.41) is 5.03. The molecule has 1 atom stereocenters. The van der Waals surface area contributed by atoms with Gasteiger partial charge in [0.15, 0.2) is 0 Å². The standard InChI is InChI=1S/C10H15N3O2S/c1-6-3-4-8(16-6)5-12-7(2)9(14)13-10(11)15/h3-4,7,12H,5H2,1-2H3,(H3,11,13,14,15). The Balaban J connectivity index is 2.37. The minimum absolute atomic E-state index is 0.416. The van der Waals surface area contributed by atoms with Crippen molar-refractivity contribution >= 4 is 23.3 Å². The normalized spacial score (nSPS) is 12.1. The van der Waals surface area contributed by atoms with Crippen LogP contribution in [0.4, 0.5) is 4.79 Å². The van der Waals surface area contributed by atoms with E-state index in [9.17, 15) is 9.59 Å². The van der Waals surface area contributed by atoms with Crippen molar-refractivity contribution in [3.63, 3.8) is 0 Å². The van der Waals surface area contributed by atoms with E-state index in [0.29, 0.717) is 6.54 Å². The van der Waals surface area contributed by atoms with Crippen LogP contribution in [0.5, 0.6) is 0 Å². The maximum atomic E-state index is 11.3. The maximum Gasteiger partial charge on any atom is 0.318 e. The summed E-state index contributed by atoms with van der Waals surface area (Å²) in [6, 6.07) is 2.75. The molecule has 0 saturated heterocycles. The van der Waals surface area contributed by atoms with Crippen molar-refractivity contribution in [2.75, 3.05) is 0 Å². The van der Waals surface area contributed by atoms with Crippen molar-refractivity contribution in [2.24, 2.45) is 5.73 Å². The Morgan fingerprint density at radius 2 is 2.19 bits per heavy atom. The van der Waals surface area contributed by atoms with Crippen LogP contribution in [-0.4, -0.2) is 18.0 Å². The Morgan fingerprint density at radius 3 is 2.69 bits per heavy atom. The lowest BCUT2D eigenvalue weighted by atomic mass is 10.3. The molecule has 1 heterocycles. The Labute approximate surface area is 98.0 Å². The summed E-state index contributed by atoms with van der Waals surface area (Å²) in [6.07, 6.45) is 0. The molecule has 1 aromatic heterocycles. The lowest BCUT2D eigenvalue weighted by Gasteiger charge is -2.11. The fourth-order valence-electron chi connectivity index (χ4n) is 1.16. The summed E-state index contributed by atoms with van der Waals surface area (Å²) in [5.41, 5.74) is 4.85. The van der Waals surface area contributed by atoms with Gasteiger partial charge in [-0.15, -0.1) is 11.3 Å². The number of primary amides is 1. The number of imide groups is 1. The summed E-state index contributed by atoms with van der Waals surface area (Å²) in [7, 11) is 0. The summed E-state index contributed by atoms with van der Waals surface area (Å²) in [5.74, 6) is -0.416.